The summed E-state index contributed by atoms with van der Waals surface area (Å²) in [5, 5.41) is 0. The lowest BCUT2D eigenvalue weighted by atomic mass is 9.92. The van der Waals surface area contributed by atoms with Crippen LogP contribution >= 0.6 is 12.4 Å². The largest absolute Gasteiger partial charge is 0.493 e. The van der Waals surface area contributed by atoms with Gasteiger partial charge >= 0.3 is 0 Å². The first-order valence-electron chi connectivity index (χ1n) is 8.49. The van der Waals surface area contributed by atoms with Crippen molar-refractivity contribution in [2.45, 2.75) is 32.2 Å². The van der Waals surface area contributed by atoms with Gasteiger partial charge in [-0.2, -0.15) is 0 Å². The van der Waals surface area contributed by atoms with Gasteiger partial charge in [-0.25, -0.2) is 0 Å². The lowest BCUT2D eigenvalue weighted by Gasteiger charge is -2.37. The highest BCUT2D eigenvalue weighted by molar-refractivity contribution is 5.85. The van der Waals surface area contributed by atoms with Crippen molar-refractivity contribution in [3.8, 4) is 11.5 Å². The van der Waals surface area contributed by atoms with Crippen LogP contribution in [-0.4, -0.2) is 43.7 Å². The van der Waals surface area contributed by atoms with E-state index in [1.165, 1.54) is 0 Å². The number of amides is 1. The summed E-state index contributed by atoms with van der Waals surface area (Å²) < 4.78 is 11.1. The number of hydrogen-bond donors (Lipinski definition) is 1. The Balaban J connectivity index is 0.00000312. The number of piperidine rings is 1. The molecule has 0 radical (unpaired) electrons. The maximum atomic E-state index is 12.5. The highest BCUT2D eigenvalue weighted by Crippen LogP contribution is 2.29. The van der Waals surface area contributed by atoms with E-state index in [1.807, 2.05) is 29.2 Å². The Morgan fingerprint density at radius 3 is 2.84 bits per heavy atom. The molecule has 2 rings (SSSR count). The van der Waals surface area contributed by atoms with Gasteiger partial charge in [0.15, 0.2) is 18.1 Å². The standard InChI is InChI=1S/C19H28N2O3.ClH/c1-4-5-15-6-7-17(18(11-15)23-3)24-13-19(22)21-9-8-14(2)10-16(21)12-20;/h4,6-7,11,14,16H,1,5,8-10,12-13,20H2,2-3H3;1H. The molecular formula is C19H29ClN2O3. The predicted molar refractivity (Wildman–Crippen MR) is 103 cm³/mol. The second-order valence-electron chi connectivity index (χ2n) is 6.37. The van der Waals surface area contributed by atoms with Crippen LogP contribution in [0.3, 0.4) is 0 Å². The van der Waals surface area contributed by atoms with Gasteiger partial charge in [0, 0.05) is 19.1 Å². The van der Waals surface area contributed by atoms with Crippen LogP contribution in [0.25, 0.3) is 0 Å². The Labute approximate surface area is 156 Å². The number of hydrogen-bond acceptors (Lipinski definition) is 4. The number of benzene rings is 1. The minimum absolute atomic E-state index is 0. The number of nitrogens with two attached hydrogens (primary N) is 1. The summed E-state index contributed by atoms with van der Waals surface area (Å²) in [7, 11) is 1.60. The molecule has 0 spiro atoms. The lowest BCUT2D eigenvalue weighted by molar-refractivity contribution is -0.137. The van der Waals surface area contributed by atoms with Crippen LogP contribution in [0.15, 0.2) is 30.9 Å². The Morgan fingerprint density at radius 2 is 2.20 bits per heavy atom. The average molecular weight is 369 g/mol. The average Bonchev–Trinajstić information content (AvgIpc) is 2.60. The number of rotatable bonds is 7. The number of nitrogens with zero attached hydrogens (tertiary/aromatic N) is 1. The predicted octanol–water partition coefficient (Wildman–Crippen LogP) is 2.81. The molecule has 140 valence electrons. The van der Waals surface area contributed by atoms with Crippen molar-refractivity contribution >= 4 is 18.3 Å². The summed E-state index contributed by atoms with van der Waals surface area (Å²) in [5.41, 5.74) is 6.92. The van der Waals surface area contributed by atoms with E-state index in [1.54, 1.807) is 7.11 Å². The Hall–Kier alpha value is -1.72. The first-order valence-corrected chi connectivity index (χ1v) is 8.49. The van der Waals surface area contributed by atoms with Crippen molar-refractivity contribution in [2.24, 2.45) is 11.7 Å². The molecule has 25 heavy (non-hydrogen) atoms. The summed E-state index contributed by atoms with van der Waals surface area (Å²) in [6.45, 7) is 7.19. The molecule has 0 saturated carbocycles. The zero-order chi connectivity index (χ0) is 17.5. The molecule has 1 saturated heterocycles. The Kier molecular flexibility index (Phi) is 8.79. The minimum Gasteiger partial charge on any atom is -0.493 e. The van der Waals surface area contributed by atoms with Crippen LogP contribution < -0.4 is 15.2 Å². The van der Waals surface area contributed by atoms with Crippen molar-refractivity contribution in [1.82, 2.24) is 4.90 Å². The van der Waals surface area contributed by atoms with E-state index in [-0.39, 0.29) is 31.0 Å². The zero-order valence-corrected chi connectivity index (χ0v) is 15.9. The van der Waals surface area contributed by atoms with Crippen LogP contribution in [0.5, 0.6) is 11.5 Å². The van der Waals surface area contributed by atoms with Crippen LogP contribution in [0, 0.1) is 5.92 Å². The summed E-state index contributed by atoms with van der Waals surface area (Å²) in [5.74, 6) is 1.80. The van der Waals surface area contributed by atoms with Gasteiger partial charge in [-0.05, 0) is 42.9 Å². The third-order valence-electron chi connectivity index (χ3n) is 4.53. The number of ether oxygens (including phenoxy) is 2. The van der Waals surface area contributed by atoms with E-state index in [0.717, 1.165) is 31.4 Å². The highest BCUT2D eigenvalue weighted by atomic mass is 35.5. The highest BCUT2D eigenvalue weighted by Gasteiger charge is 2.29. The molecule has 1 aliphatic rings. The molecular weight excluding hydrogens is 340 g/mol. The summed E-state index contributed by atoms with van der Waals surface area (Å²) in [4.78, 5) is 14.4. The molecule has 1 amide bonds. The summed E-state index contributed by atoms with van der Waals surface area (Å²) >= 11 is 0. The number of carbonyl (C=O) groups excluding carboxylic acids is 1. The van der Waals surface area contributed by atoms with Crippen molar-refractivity contribution in [3.63, 3.8) is 0 Å². The Bertz CT molecular complexity index is 580. The van der Waals surface area contributed by atoms with Crippen molar-refractivity contribution in [3.05, 3.63) is 36.4 Å². The number of halogens is 1. The van der Waals surface area contributed by atoms with E-state index in [9.17, 15) is 4.79 Å². The second-order valence-corrected chi connectivity index (χ2v) is 6.37. The molecule has 0 bridgehead atoms. The maximum Gasteiger partial charge on any atom is 0.260 e. The third kappa shape index (κ3) is 5.65. The molecule has 5 nitrogen and oxygen atoms in total. The van der Waals surface area contributed by atoms with Crippen molar-refractivity contribution < 1.29 is 14.3 Å². The van der Waals surface area contributed by atoms with E-state index in [2.05, 4.69) is 13.5 Å². The number of methoxy groups -OCH3 is 1. The first kappa shape index (κ1) is 21.3. The van der Waals surface area contributed by atoms with Crippen LogP contribution in [0.4, 0.5) is 0 Å². The van der Waals surface area contributed by atoms with Gasteiger partial charge in [0.2, 0.25) is 0 Å². The van der Waals surface area contributed by atoms with Gasteiger partial charge in [-0.15, -0.1) is 19.0 Å². The van der Waals surface area contributed by atoms with Crippen molar-refractivity contribution in [2.75, 3.05) is 26.8 Å². The fourth-order valence-electron chi connectivity index (χ4n) is 3.15. The van der Waals surface area contributed by atoms with Gasteiger partial charge in [-0.1, -0.05) is 19.1 Å². The number of allylic oxidation sites excluding steroid dienone is 1. The second kappa shape index (κ2) is 10.3. The third-order valence-corrected chi connectivity index (χ3v) is 4.53. The molecule has 1 aromatic rings. The van der Waals surface area contributed by atoms with E-state index in [4.69, 9.17) is 15.2 Å². The molecule has 2 unspecified atom stereocenters. The molecule has 2 N–H and O–H groups in total. The van der Waals surface area contributed by atoms with Crippen LogP contribution in [0.2, 0.25) is 0 Å². The van der Waals surface area contributed by atoms with Gasteiger partial charge in [-0.3, -0.25) is 4.79 Å². The van der Waals surface area contributed by atoms with Gasteiger partial charge < -0.3 is 20.1 Å². The molecule has 1 aliphatic heterocycles. The summed E-state index contributed by atoms with van der Waals surface area (Å²) in [6.07, 6.45) is 4.58. The topological polar surface area (TPSA) is 64.8 Å². The molecule has 2 atom stereocenters. The van der Waals surface area contributed by atoms with E-state index >= 15 is 0 Å². The van der Waals surface area contributed by atoms with Gasteiger partial charge in [0.1, 0.15) is 0 Å². The minimum atomic E-state index is -0.0189. The fourth-order valence-corrected chi connectivity index (χ4v) is 3.15. The zero-order valence-electron chi connectivity index (χ0n) is 15.1. The van der Waals surface area contributed by atoms with Gasteiger partial charge in [0.05, 0.1) is 7.11 Å². The molecule has 0 aliphatic carbocycles. The van der Waals surface area contributed by atoms with Crippen molar-refractivity contribution in [1.29, 1.82) is 0 Å². The Morgan fingerprint density at radius 1 is 1.44 bits per heavy atom. The SMILES string of the molecule is C=CCc1ccc(OCC(=O)N2CCC(C)CC2CN)c(OC)c1.Cl. The maximum absolute atomic E-state index is 12.5. The van der Waals surface area contributed by atoms with Crippen LogP contribution in [-0.2, 0) is 11.2 Å². The van der Waals surface area contributed by atoms with E-state index < -0.39 is 0 Å². The quantitative estimate of drug-likeness (QED) is 0.751. The summed E-state index contributed by atoms with van der Waals surface area (Å²) in [6, 6.07) is 5.81. The first-order chi connectivity index (χ1) is 11.6. The van der Waals surface area contributed by atoms with Crippen LogP contribution in [0.1, 0.15) is 25.3 Å². The molecule has 1 fully saturated rings. The lowest BCUT2D eigenvalue weighted by Crippen LogP contribution is -2.50. The smallest absolute Gasteiger partial charge is 0.260 e. The number of likely N-dealkylation sites (tertiary alicyclic amines) is 1. The fraction of sp³-hybridized carbons (Fsp3) is 0.526. The molecule has 1 heterocycles. The van der Waals surface area contributed by atoms with Gasteiger partial charge in [0.25, 0.3) is 5.91 Å². The van der Waals surface area contributed by atoms with E-state index in [0.29, 0.717) is 24.0 Å². The molecule has 1 aromatic carbocycles. The monoisotopic (exact) mass is 368 g/mol. The normalized spacial score (nSPS) is 19.7. The number of carbonyl (C=O) groups is 1. The molecule has 0 aromatic heterocycles. The molecule has 6 heteroatoms.